The maximum absolute atomic E-state index is 13.6. The first-order chi connectivity index (χ1) is 9.73. The van der Waals surface area contributed by atoms with Gasteiger partial charge in [-0.2, -0.15) is 8.70 Å². The molecule has 0 saturated carbocycles. The summed E-state index contributed by atoms with van der Waals surface area (Å²) in [6.45, 7) is 4.36. The summed E-state index contributed by atoms with van der Waals surface area (Å²) < 4.78 is 40.0. The summed E-state index contributed by atoms with van der Waals surface area (Å²) in [4.78, 5) is 9.42. The van der Waals surface area contributed by atoms with E-state index in [2.05, 4.69) is 5.32 Å². The van der Waals surface area contributed by atoms with Gasteiger partial charge in [-0.05, 0) is 19.9 Å². The van der Waals surface area contributed by atoms with Crippen molar-refractivity contribution in [3.63, 3.8) is 0 Å². The topological polar surface area (TPSA) is 92.5 Å². The van der Waals surface area contributed by atoms with Crippen LogP contribution in [0.4, 0.5) is 10.1 Å². The maximum atomic E-state index is 13.6. The molecule has 0 aliphatic carbocycles. The van der Waals surface area contributed by atoms with Crippen molar-refractivity contribution in [3.8, 4) is 0 Å². The zero-order valence-electron chi connectivity index (χ0n) is 11.6. The summed E-state index contributed by atoms with van der Waals surface area (Å²) in [5, 5.41) is 13.7. The van der Waals surface area contributed by atoms with Crippen LogP contribution in [0.2, 0.25) is 0 Å². The van der Waals surface area contributed by atoms with E-state index in [0.717, 1.165) is 12.1 Å². The number of nitrogens with zero attached hydrogens (tertiary/aromatic N) is 2. The maximum Gasteiger partial charge on any atom is 0.304 e. The van der Waals surface area contributed by atoms with Gasteiger partial charge in [0.1, 0.15) is 0 Å². The summed E-state index contributed by atoms with van der Waals surface area (Å²) in [5.41, 5.74) is -0.740. The fourth-order valence-corrected chi connectivity index (χ4v) is 3.99. The molecule has 0 spiro atoms. The van der Waals surface area contributed by atoms with Crippen molar-refractivity contribution >= 4 is 15.7 Å². The highest BCUT2D eigenvalue weighted by atomic mass is 32.2. The lowest BCUT2D eigenvalue weighted by Crippen LogP contribution is -2.56. The van der Waals surface area contributed by atoms with E-state index in [-0.39, 0.29) is 23.5 Å². The molecule has 1 aromatic carbocycles. The lowest BCUT2D eigenvalue weighted by atomic mass is 10.2. The first kappa shape index (κ1) is 15.8. The molecule has 1 saturated heterocycles. The standard InChI is InChI=1S/C12H16FN3O4S/c1-8-7-15(9(2)6-14-8)21(19,20)10-3-4-12(16(17)18)11(13)5-10/h3-5,8-9,14H,6-7H2,1-2H3. The van der Waals surface area contributed by atoms with Crippen LogP contribution in [-0.4, -0.2) is 42.8 Å². The second kappa shape index (κ2) is 5.66. The fraction of sp³-hybridized carbons (Fsp3) is 0.500. The first-order valence-corrected chi connectivity index (χ1v) is 7.86. The van der Waals surface area contributed by atoms with Crippen LogP contribution in [0.3, 0.4) is 0 Å². The van der Waals surface area contributed by atoms with Crippen molar-refractivity contribution in [2.24, 2.45) is 0 Å². The van der Waals surface area contributed by atoms with Crippen LogP contribution in [0.15, 0.2) is 23.1 Å². The molecule has 0 amide bonds. The highest BCUT2D eigenvalue weighted by Gasteiger charge is 2.34. The van der Waals surface area contributed by atoms with Crippen molar-refractivity contribution < 1.29 is 17.7 Å². The van der Waals surface area contributed by atoms with Crippen molar-refractivity contribution in [1.29, 1.82) is 0 Å². The minimum atomic E-state index is -3.88. The number of piperazine rings is 1. The normalized spacial score (nSPS) is 24.0. The Hall–Kier alpha value is -1.58. The number of hydrogen-bond acceptors (Lipinski definition) is 5. The van der Waals surface area contributed by atoms with Crippen molar-refractivity contribution in [2.75, 3.05) is 13.1 Å². The number of benzene rings is 1. The predicted molar refractivity (Wildman–Crippen MR) is 73.9 cm³/mol. The largest absolute Gasteiger partial charge is 0.311 e. The van der Waals surface area contributed by atoms with Gasteiger partial charge >= 0.3 is 5.69 Å². The summed E-state index contributed by atoms with van der Waals surface area (Å²) in [5.74, 6) is -1.16. The third kappa shape index (κ3) is 3.04. The number of sulfonamides is 1. The van der Waals surface area contributed by atoms with Gasteiger partial charge in [-0.25, -0.2) is 8.42 Å². The Labute approximate surface area is 122 Å². The monoisotopic (exact) mass is 317 g/mol. The van der Waals surface area contributed by atoms with Gasteiger partial charge in [0.2, 0.25) is 15.8 Å². The second-order valence-corrected chi connectivity index (χ2v) is 6.99. The first-order valence-electron chi connectivity index (χ1n) is 6.42. The molecule has 116 valence electrons. The molecule has 2 unspecified atom stereocenters. The molecule has 9 heteroatoms. The molecule has 0 radical (unpaired) electrons. The minimum Gasteiger partial charge on any atom is -0.311 e. The molecule has 2 rings (SSSR count). The highest BCUT2D eigenvalue weighted by Crippen LogP contribution is 2.25. The molecule has 1 aromatic rings. The highest BCUT2D eigenvalue weighted by molar-refractivity contribution is 7.89. The molecular formula is C12H16FN3O4S. The van der Waals surface area contributed by atoms with E-state index in [9.17, 15) is 22.9 Å². The van der Waals surface area contributed by atoms with Gasteiger partial charge in [0.05, 0.1) is 9.82 Å². The molecule has 0 bridgehead atoms. The van der Waals surface area contributed by atoms with Gasteiger partial charge < -0.3 is 5.32 Å². The third-order valence-electron chi connectivity index (χ3n) is 3.43. The van der Waals surface area contributed by atoms with Gasteiger partial charge in [0.15, 0.2) is 0 Å². The van der Waals surface area contributed by atoms with Crippen LogP contribution in [0.5, 0.6) is 0 Å². The van der Waals surface area contributed by atoms with Crippen LogP contribution in [0.25, 0.3) is 0 Å². The van der Waals surface area contributed by atoms with E-state index in [1.54, 1.807) is 6.92 Å². The number of rotatable bonds is 3. The smallest absolute Gasteiger partial charge is 0.304 e. The number of nitro benzene ring substituents is 1. The van der Waals surface area contributed by atoms with E-state index in [4.69, 9.17) is 0 Å². The van der Waals surface area contributed by atoms with E-state index in [0.29, 0.717) is 12.6 Å². The molecule has 1 aliphatic heterocycles. The number of halogens is 1. The molecule has 2 atom stereocenters. The number of hydrogen-bond donors (Lipinski definition) is 1. The summed E-state index contributed by atoms with van der Waals surface area (Å²) in [7, 11) is -3.88. The van der Waals surface area contributed by atoms with Crippen LogP contribution < -0.4 is 5.32 Å². The van der Waals surface area contributed by atoms with E-state index >= 15 is 0 Å². The van der Waals surface area contributed by atoms with Gasteiger partial charge in [-0.3, -0.25) is 10.1 Å². The Bertz CT molecular complexity index is 664. The van der Waals surface area contributed by atoms with Crippen LogP contribution in [0.1, 0.15) is 13.8 Å². The molecule has 1 fully saturated rings. The average molecular weight is 317 g/mol. The minimum absolute atomic E-state index is 0.0149. The average Bonchev–Trinajstić information content (AvgIpc) is 2.40. The molecule has 1 N–H and O–H groups in total. The summed E-state index contributed by atoms with van der Waals surface area (Å²) in [6.07, 6.45) is 0. The molecule has 1 aliphatic rings. The van der Waals surface area contributed by atoms with Gasteiger partial charge in [-0.1, -0.05) is 0 Å². The Kier molecular flexibility index (Phi) is 4.26. The van der Waals surface area contributed by atoms with E-state index in [1.165, 1.54) is 4.31 Å². The number of nitro groups is 1. The molecular weight excluding hydrogens is 301 g/mol. The molecule has 1 heterocycles. The van der Waals surface area contributed by atoms with Crippen molar-refractivity contribution in [1.82, 2.24) is 9.62 Å². The van der Waals surface area contributed by atoms with Crippen molar-refractivity contribution in [2.45, 2.75) is 30.8 Å². The van der Waals surface area contributed by atoms with Crippen LogP contribution in [-0.2, 0) is 10.0 Å². The Morgan fingerprint density at radius 1 is 1.43 bits per heavy atom. The lowest BCUT2D eigenvalue weighted by molar-refractivity contribution is -0.387. The van der Waals surface area contributed by atoms with Gasteiger partial charge in [0.25, 0.3) is 0 Å². The summed E-state index contributed by atoms with van der Waals surface area (Å²) in [6, 6.07) is 2.35. The van der Waals surface area contributed by atoms with Crippen LogP contribution in [0, 0.1) is 15.9 Å². The van der Waals surface area contributed by atoms with E-state index < -0.39 is 26.5 Å². The zero-order valence-corrected chi connectivity index (χ0v) is 12.4. The SMILES string of the molecule is CC1CN(S(=O)(=O)c2ccc([N+](=O)[O-])c(F)c2)C(C)CN1. The molecule has 21 heavy (non-hydrogen) atoms. The Balaban J connectivity index is 2.39. The lowest BCUT2D eigenvalue weighted by Gasteiger charge is -2.36. The Morgan fingerprint density at radius 3 is 2.67 bits per heavy atom. The zero-order chi connectivity index (χ0) is 15.8. The van der Waals surface area contributed by atoms with E-state index in [1.807, 2.05) is 6.92 Å². The predicted octanol–water partition coefficient (Wildman–Crippen LogP) is 1.10. The Morgan fingerprint density at radius 2 is 2.10 bits per heavy atom. The fourth-order valence-electron chi connectivity index (χ4n) is 2.25. The van der Waals surface area contributed by atoms with Gasteiger partial charge in [0, 0.05) is 37.3 Å². The van der Waals surface area contributed by atoms with Gasteiger partial charge in [-0.15, -0.1) is 0 Å². The quantitative estimate of drug-likeness (QED) is 0.666. The van der Waals surface area contributed by atoms with Crippen molar-refractivity contribution in [3.05, 3.63) is 34.1 Å². The second-order valence-electron chi connectivity index (χ2n) is 5.10. The van der Waals surface area contributed by atoms with Crippen LogP contribution >= 0.6 is 0 Å². The number of nitrogens with one attached hydrogen (secondary N) is 1. The molecule has 0 aromatic heterocycles. The summed E-state index contributed by atoms with van der Waals surface area (Å²) >= 11 is 0. The molecule has 7 nitrogen and oxygen atoms in total. The third-order valence-corrected chi connectivity index (χ3v) is 5.41.